The van der Waals surface area contributed by atoms with E-state index in [4.69, 9.17) is 11.2 Å². The highest BCUT2D eigenvalue weighted by molar-refractivity contribution is 7.92. The number of nitrogens with one attached hydrogen (secondary N) is 1. The van der Waals surface area contributed by atoms with Gasteiger partial charge in [-0.2, -0.15) is 10.2 Å². The van der Waals surface area contributed by atoms with Gasteiger partial charge in [0.25, 0.3) is 10.0 Å². The molecule has 0 unspecified atom stereocenters. The molecule has 10 heteroatoms. The number of aromatic nitrogens is 1. The van der Waals surface area contributed by atoms with Crippen LogP contribution in [0.25, 0.3) is 0 Å². The lowest BCUT2D eigenvalue weighted by Crippen LogP contribution is -2.13. The van der Waals surface area contributed by atoms with Crippen LogP contribution < -0.4 is 9.46 Å². The van der Waals surface area contributed by atoms with Gasteiger partial charge >= 0.3 is 5.97 Å². The summed E-state index contributed by atoms with van der Waals surface area (Å²) in [7, 11) is -3.82. The summed E-state index contributed by atoms with van der Waals surface area (Å²) in [4.78, 5) is 28.5. The number of pyridine rings is 1. The molecule has 9 nitrogen and oxygen atoms in total. The predicted octanol–water partition coefficient (Wildman–Crippen LogP) is 11.6. The first kappa shape index (κ1) is 45.4. The largest absolute Gasteiger partial charge is 0.426 e. The van der Waals surface area contributed by atoms with Gasteiger partial charge in [-0.25, -0.2) is 13.4 Å². The predicted molar refractivity (Wildman–Crippen MR) is 217 cm³/mol. The second-order valence-electron chi connectivity index (χ2n) is 10.7. The van der Waals surface area contributed by atoms with Crippen molar-refractivity contribution >= 4 is 39.0 Å². The van der Waals surface area contributed by atoms with Crippen molar-refractivity contribution in [2.75, 3.05) is 4.72 Å². The lowest BCUT2D eigenvalue weighted by atomic mass is 10.1. The number of azo groups is 1. The highest BCUT2D eigenvalue weighted by Gasteiger charge is 2.15. The number of carbonyl (C=O) groups excluding carboxylic acids is 2. The molecule has 280 valence electrons. The normalized spacial score (nSPS) is 11.5. The zero-order chi connectivity index (χ0) is 39.2. The number of sulfonamides is 1. The zero-order valence-electron chi connectivity index (χ0n) is 31.4. The van der Waals surface area contributed by atoms with Crippen molar-refractivity contribution in [2.45, 2.75) is 84.5 Å². The number of nitrogens with zero attached hydrogens (tertiary/aromatic N) is 3. The number of allylic oxidation sites excluding steroid dienone is 9. The molecule has 0 fully saturated rings. The van der Waals surface area contributed by atoms with E-state index >= 15 is 0 Å². The van der Waals surface area contributed by atoms with E-state index in [1.165, 1.54) is 49.5 Å². The van der Waals surface area contributed by atoms with Crippen molar-refractivity contribution in [2.24, 2.45) is 10.2 Å². The van der Waals surface area contributed by atoms with Gasteiger partial charge < -0.3 is 4.74 Å². The number of ether oxygens (including phenoxy) is 1. The summed E-state index contributed by atoms with van der Waals surface area (Å²) in [6.07, 6.45) is 32.5. The van der Waals surface area contributed by atoms with Gasteiger partial charge in [0.15, 0.2) is 5.78 Å². The van der Waals surface area contributed by atoms with Gasteiger partial charge in [-0.15, -0.1) is 12.3 Å². The maximum absolute atomic E-state index is 12.6. The Labute approximate surface area is 316 Å². The number of anilines is 1. The number of esters is 1. The van der Waals surface area contributed by atoms with Crippen LogP contribution in [0, 0.1) is 12.3 Å². The standard InChI is InChI=1S/C32H30N4O5S.C9H16.C2H6/c1-3-4-5-6-7-8-9-10-11-12-16-32(38)41-30-22-19-27(24-29(30)25(2)37)35-34-26-17-20-28(21-18-26)42(39,40)36-31-15-13-14-23-33-31;1-3-5-7-9-8-6-4-2;1-2/h1,5-6,8-9,11-15,17-24H,4,7,10,16H2,2H3,(H,33,36);5-8H,3-4,9H2,1-2H3;1-2H3/b6-5-,9-8-,12-11-,35-34?;7-5-,8-6-;. The van der Waals surface area contributed by atoms with E-state index in [0.29, 0.717) is 24.2 Å². The average Bonchev–Trinajstić information content (AvgIpc) is 3.16. The van der Waals surface area contributed by atoms with Crippen LogP contribution in [-0.4, -0.2) is 25.2 Å². The summed E-state index contributed by atoms with van der Waals surface area (Å²) in [5.41, 5.74) is 0.939. The van der Waals surface area contributed by atoms with Gasteiger partial charge in [0.2, 0.25) is 0 Å². The molecule has 0 aliphatic rings. The van der Waals surface area contributed by atoms with Crippen LogP contribution in [0.3, 0.4) is 0 Å². The summed E-state index contributed by atoms with van der Waals surface area (Å²) in [6.45, 7) is 9.67. The summed E-state index contributed by atoms with van der Waals surface area (Å²) in [6, 6.07) is 15.2. The molecule has 0 spiro atoms. The van der Waals surface area contributed by atoms with Crippen LogP contribution in [-0.2, 0) is 14.8 Å². The van der Waals surface area contributed by atoms with E-state index in [-0.39, 0.29) is 34.2 Å². The van der Waals surface area contributed by atoms with Crippen LogP contribution in [0.4, 0.5) is 17.2 Å². The topological polar surface area (TPSA) is 127 Å². The molecular formula is C43H52N4O5S. The van der Waals surface area contributed by atoms with E-state index in [9.17, 15) is 18.0 Å². The van der Waals surface area contributed by atoms with Crippen molar-refractivity contribution in [1.82, 2.24) is 4.98 Å². The Morgan fingerprint density at radius 2 is 1.36 bits per heavy atom. The molecule has 0 aliphatic heterocycles. The van der Waals surface area contributed by atoms with Crippen LogP contribution in [0.5, 0.6) is 5.75 Å². The minimum absolute atomic E-state index is 0.0351. The third-order valence-electron chi connectivity index (χ3n) is 6.54. The van der Waals surface area contributed by atoms with E-state index < -0.39 is 16.0 Å². The van der Waals surface area contributed by atoms with Crippen molar-refractivity contribution in [1.29, 1.82) is 0 Å². The smallest absolute Gasteiger partial charge is 0.315 e. The van der Waals surface area contributed by atoms with Crippen LogP contribution in [0.2, 0.25) is 0 Å². The Morgan fingerprint density at radius 1 is 0.792 bits per heavy atom. The number of Topliss-reactive ketones (excluding diaryl/α,β-unsaturated/α-hetero) is 1. The molecule has 53 heavy (non-hydrogen) atoms. The molecule has 1 heterocycles. The van der Waals surface area contributed by atoms with Gasteiger partial charge in [0.05, 0.1) is 28.3 Å². The molecule has 0 bridgehead atoms. The molecule has 1 N–H and O–H groups in total. The van der Waals surface area contributed by atoms with Crippen LogP contribution >= 0.6 is 0 Å². The Bertz CT molecular complexity index is 1840. The van der Waals surface area contributed by atoms with E-state index in [2.05, 4.69) is 64.0 Å². The molecule has 0 saturated heterocycles. The molecular weight excluding hydrogens is 685 g/mol. The number of benzene rings is 2. The monoisotopic (exact) mass is 736 g/mol. The molecule has 0 aliphatic carbocycles. The number of rotatable bonds is 18. The van der Waals surface area contributed by atoms with E-state index in [0.717, 1.165) is 25.7 Å². The molecule has 0 saturated carbocycles. The summed E-state index contributed by atoms with van der Waals surface area (Å²) in [5, 5.41) is 8.25. The van der Waals surface area contributed by atoms with Crippen molar-refractivity contribution in [3.63, 3.8) is 0 Å². The number of terminal acetylenes is 1. The maximum atomic E-state index is 12.6. The zero-order valence-corrected chi connectivity index (χ0v) is 32.3. The first-order chi connectivity index (χ1) is 25.7. The Kier molecular flexibility index (Phi) is 24.0. The minimum Gasteiger partial charge on any atom is -0.426 e. The van der Waals surface area contributed by atoms with Crippen molar-refractivity contribution in [3.8, 4) is 18.1 Å². The van der Waals surface area contributed by atoms with E-state index in [1.807, 2.05) is 44.2 Å². The Balaban J connectivity index is 0.00000111. The molecule has 0 radical (unpaired) electrons. The average molecular weight is 737 g/mol. The third-order valence-corrected chi connectivity index (χ3v) is 7.91. The lowest BCUT2D eigenvalue weighted by molar-refractivity contribution is -0.133. The van der Waals surface area contributed by atoms with Gasteiger partial charge in [-0.3, -0.25) is 14.3 Å². The Morgan fingerprint density at radius 3 is 1.92 bits per heavy atom. The number of hydrogen-bond donors (Lipinski definition) is 1. The summed E-state index contributed by atoms with van der Waals surface area (Å²) < 4.78 is 32.9. The quantitative estimate of drug-likeness (QED) is 0.0346. The van der Waals surface area contributed by atoms with Gasteiger partial charge in [0, 0.05) is 12.6 Å². The SMILES string of the molecule is C#CC/C=C\C/C=C\C/C=C\CC(=O)Oc1ccc(N=Nc2ccc(S(=O)(=O)Nc3ccccn3)cc2)cc1C(C)=O.CC.CC/C=C\C/C=C\CC. The molecule has 3 rings (SSSR count). The van der Waals surface area contributed by atoms with Gasteiger partial charge in [-0.05, 0) is 93.6 Å². The molecule has 3 aromatic rings. The fourth-order valence-electron chi connectivity index (χ4n) is 4.01. The second-order valence-corrected chi connectivity index (χ2v) is 12.4. The Hall–Kier alpha value is -5.66. The number of carbonyl (C=O) groups is 2. The second kappa shape index (κ2) is 28.0. The van der Waals surface area contributed by atoms with Crippen LogP contribution in [0.1, 0.15) is 89.9 Å². The molecule has 2 aromatic carbocycles. The maximum Gasteiger partial charge on any atom is 0.315 e. The first-order valence-electron chi connectivity index (χ1n) is 17.7. The molecule has 0 atom stereocenters. The lowest BCUT2D eigenvalue weighted by Gasteiger charge is -2.08. The summed E-state index contributed by atoms with van der Waals surface area (Å²) >= 11 is 0. The van der Waals surface area contributed by atoms with Crippen molar-refractivity contribution < 1.29 is 22.7 Å². The van der Waals surface area contributed by atoms with Crippen molar-refractivity contribution in [3.05, 3.63) is 133 Å². The minimum atomic E-state index is -3.82. The highest BCUT2D eigenvalue weighted by atomic mass is 32.2. The highest BCUT2D eigenvalue weighted by Crippen LogP contribution is 2.27. The van der Waals surface area contributed by atoms with Gasteiger partial charge in [0.1, 0.15) is 11.6 Å². The third kappa shape index (κ3) is 20.1. The molecule has 0 amide bonds. The number of ketones is 1. The summed E-state index contributed by atoms with van der Waals surface area (Å²) in [5.74, 6) is 2.07. The van der Waals surface area contributed by atoms with Gasteiger partial charge in [-0.1, -0.05) is 94.5 Å². The fourth-order valence-corrected chi connectivity index (χ4v) is 5.02. The fraction of sp³-hybridized carbons (Fsp3) is 0.279. The van der Waals surface area contributed by atoms with E-state index in [1.54, 1.807) is 30.3 Å². The molecule has 1 aromatic heterocycles. The number of hydrogen-bond acceptors (Lipinski definition) is 8. The first-order valence-corrected chi connectivity index (χ1v) is 19.2. The van der Waals surface area contributed by atoms with Crippen LogP contribution in [0.15, 0.2) is 143 Å².